The van der Waals surface area contributed by atoms with Crippen molar-refractivity contribution in [2.75, 3.05) is 19.0 Å². The van der Waals surface area contributed by atoms with Gasteiger partial charge in [-0.3, -0.25) is 14.4 Å². The first-order chi connectivity index (χ1) is 25.8. The Morgan fingerprint density at radius 2 is 1.64 bits per heavy atom. The van der Waals surface area contributed by atoms with Crippen LogP contribution < -0.4 is 15.4 Å². The van der Waals surface area contributed by atoms with Crippen molar-refractivity contribution >= 4 is 34.1 Å². The van der Waals surface area contributed by atoms with Crippen LogP contribution >= 0.6 is 0 Å². The molecule has 5 bridgehead atoms. The Morgan fingerprint density at radius 3 is 2.25 bits per heavy atom. The molecule has 2 aromatic rings. The Bertz CT molecular complexity index is 1890. The maximum atomic E-state index is 14.3. The number of carbonyl (C=O) groups excluding carboxylic acids is 3. The van der Waals surface area contributed by atoms with Crippen LogP contribution in [0.15, 0.2) is 36.1 Å². The van der Waals surface area contributed by atoms with E-state index in [2.05, 4.69) is 10.6 Å². The molecule has 3 aliphatic rings. The number of carbonyl (C=O) groups is 3. The number of aliphatic hydroxyl groups is 2. The topological polar surface area (TPSA) is 213 Å². The molecule has 0 aromatic heterocycles. The third-order valence-corrected chi connectivity index (χ3v) is 10.8. The van der Waals surface area contributed by atoms with Crippen LogP contribution in [0.2, 0.25) is 0 Å². The van der Waals surface area contributed by atoms with E-state index in [9.17, 15) is 39.9 Å². The smallest absolute Gasteiger partial charge is 0.312 e. The molecule has 55 heavy (non-hydrogen) atoms. The van der Waals surface area contributed by atoms with Crippen LogP contribution in [0.1, 0.15) is 83.3 Å². The summed E-state index contributed by atoms with van der Waals surface area (Å²) in [7, 11) is 1.44. The minimum absolute atomic E-state index is 0.0284. The summed E-state index contributed by atoms with van der Waals surface area (Å²) in [6, 6.07) is 0. The van der Waals surface area contributed by atoms with Crippen molar-refractivity contribution in [2.45, 2.75) is 105 Å². The van der Waals surface area contributed by atoms with Crippen molar-refractivity contribution in [2.24, 2.45) is 23.7 Å². The van der Waals surface area contributed by atoms with Gasteiger partial charge in [-0.25, -0.2) is 0 Å². The van der Waals surface area contributed by atoms with E-state index in [0.717, 1.165) is 6.42 Å². The summed E-state index contributed by atoms with van der Waals surface area (Å²) in [5.41, 5.74) is 0.0354. The number of nitrogens with one attached hydrogen (secondary N) is 2. The highest BCUT2D eigenvalue weighted by molar-refractivity contribution is 6.22. The molecule has 3 heterocycles. The quantitative estimate of drug-likeness (QED) is 0.0867. The van der Waals surface area contributed by atoms with Gasteiger partial charge in [0.1, 0.15) is 23.4 Å². The second-order valence-corrected chi connectivity index (χ2v) is 14.9. The first-order valence-corrected chi connectivity index (χ1v) is 18.6. The van der Waals surface area contributed by atoms with E-state index in [4.69, 9.17) is 18.9 Å². The van der Waals surface area contributed by atoms with Crippen LogP contribution in [0.3, 0.4) is 0 Å². The number of amides is 1. The number of anilines is 1. The molecule has 2 aromatic carbocycles. The highest BCUT2D eigenvalue weighted by Gasteiger charge is 2.50. The molecule has 302 valence electrons. The number of hydrogen-bond donors (Lipinski definition) is 7. The fourth-order valence-electron chi connectivity index (χ4n) is 7.35. The molecule has 1 amide bonds. The summed E-state index contributed by atoms with van der Waals surface area (Å²) in [5.74, 6) is -7.97. The molecule has 14 nitrogen and oxygen atoms in total. The number of benzene rings is 2. The van der Waals surface area contributed by atoms with Gasteiger partial charge in [0.25, 0.3) is 11.7 Å². The summed E-state index contributed by atoms with van der Waals surface area (Å²) in [4.78, 5) is 40.1. The van der Waals surface area contributed by atoms with Crippen molar-refractivity contribution in [1.29, 1.82) is 0 Å². The number of Topliss-reactive ketones (excluding diaryl/α,β-unsaturated/α-hetero) is 1. The van der Waals surface area contributed by atoms with Crippen molar-refractivity contribution in [3.63, 3.8) is 0 Å². The summed E-state index contributed by atoms with van der Waals surface area (Å²) in [6.07, 6.45) is 4.40. The number of aliphatic hydroxyl groups excluding tert-OH is 2. The van der Waals surface area contributed by atoms with Crippen molar-refractivity contribution in [1.82, 2.24) is 5.32 Å². The highest BCUT2D eigenvalue weighted by atomic mass is 16.7. The third-order valence-electron chi connectivity index (χ3n) is 10.8. The molecule has 0 spiro atoms. The lowest BCUT2D eigenvalue weighted by Gasteiger charge is -2.38. The van der Waals surface area contributed by atoms with Gasteiger partial charge >= 0.3 is 11.8 Å². The van der Waals surface area contributed by atoms with Gasteiger partial charge in [0.15, 0.2) is 5.75 Å². The lowest BCUT2D eigenvalue weighted by Crippen LogP contribution is -2.46. The summed E-state index contributed by atoms with van der Waals surface area (Å²) in [6.45, 7) is 15.0. The Morgan fingerprint density at radius 1 is 0.964 bits per heavy atom. The molecule has 0 saturated carbocycles. The van der Waals surface area contributed by atoms with E-state index in [1.807, 2.05) is 6.92 Å². The van der Waals surface area contributed by atoms with Gasteiger partial charge in [0.05, 0.1) is 41.2 Å². The largest absolute Gasteiger partial charge is 0.507 e. The predicted octanol–water partition coefficient (Wildman–Crippen LogP) is 5.25. The number of hydrogen-bond acceptors (Lipinski definition) is 13. The monoisotopic (exact) mass is 768 g/mol. The maximum absolute atomic E-state index is 14.3. The third kappa shape index (κ3) is 8.47. The van der Waals surface area contributed by atoms with Crippen LogP contribution in [0.5, 0.6) is 23.0 Å². The molecule has 9 atom stereocenters. The van der Waals surface area contributed by atoms with Gasteiger partial charge in [0, 0.05) is 73.3 Å². The van der Waals surface area contributed by atoms with Crippen LogP contribution in [0, 0.1) is 30.6 Å². The summed E-state index contributed by atoms with van der Waals surface area (Å²) >= 11 is 0. The second kappa shape index (κ2) is 17.4. The first-order valence-electron chi connectivity index (χ1n) is 18.6. The number of ketones is 1. The van der Waals surface area contributed by atoms with Crippen molar-refractivity contribution in [3.05, 3.63) is 52.8 Å². The molecule has 5 rings (SSSR count). The molecule has 0 unspecified atom stereocenters. The second-order valence-electron chi connectivity index (χ2n) is 14.9. The molecule has 0 saturated heterocycles. The Labute approximate surface area is 321 Å². The molecule has 7 N–H and O–H groups in total. The van der Waals surface area contributed by atoms with Gasteiger partial charge in [-0.05, 0) is 32.9 Å². The summed E-state index contributed by atoms with van der Waals surface area (Å²) < 4.78 is 23.5. The van der Waals surface area contributed by atoms with Crippen LogP contribution in [0.25, 0.3) is 10.8 Å². The van der Waals surface area contributed by atoms with Gasteiger partial charge < -0.3 is 55.1 Å². The van der Waals surface area contributed by atoms with Crippen LogP contribution in [-0.4, -0.2) is 87.0 Å². The number of ether oxygens (including phenoxy) is 4. The Hall–Kier alpha value is -4.63. The van der Waals surface area contributed by atoms with Gasteiger partial charge in [-0.1, -0.05) is 52.8 Å². The zero-order chi connectivity index (χ0) is 41.1. The molecular weight excluding hydrogens is 712 g/mol. The lowest BCUT2D eigenvalue weighted by molar-refractivity contribution is -0.160. The van der Waals surface area contributed by atoms with Gasteiger partial charge in [-0.2, -0.15) is 0 Å². The van der Waals surface area contributed by atoms with E-state index >= 15 is 0 Å². The standard InChI is InChI=1S/C41H56N2O12/c1-11-16-42-18-26-31-36(49)29-28(35(26)48)30-38(24(7)34(29)47)55-41(9,39(30)50)53-17-15-27(52-10)21(4)37(54-25(8)44)23(6)33(46)22(5)32(45)19(2)13-12-14-20(3)40(51)43-31/h12-15,17,19,21-23,27,32-33,37,42,45-49H,11,16,18H2,1-10H3,(H,43,51)/b13-12+,17-15+,20-14-/t19-,21+,22+,23+,27-,32-,33+,37+,41-/m0/s1. The van der Waals surface area contributed by atoms with E-state index in [0.29, 0.717) is 6.54 Å². The van der Waals surface area contributed by atoms with E-state index in [1.54, 1.807) is 39.8 Å². The number of phenolic OH excluding ortho intramolecular Hbond substituents is 3. The van der Waals surface area contributed by atoms with E-state index in [1.165, 1.54) is 53.2 Å². The van der Waals surface area contributed by atoms with Crippen LogP contribution in [0.4, 0.5) is 5.69 Å². The average Bonchev–Trinajstić information content (AvgIpc) is 3.41. The summed E-state index contributed by atoms with van der Waals surface area (Å²) in [5, 5.41) is 63.2. The van der Waals surface area contributed by atoms with Gasteiger partial charge in [0.2, 0.25) is 0 Å². The fraction of sp³-hybridized carbons (Fsp3) is 0.537. The number of methoxy groups -OCH3 is 1. The Kier molecular flexibility index (Phi) is 13.7. The number of allylic oxidation sites excluding steroid dienone is 2. The highest BCUT2D eigenvalue weighted by Crippen LogP contribution is 2.55. The molecule has 0 aliphatic carbocycles. The normalized spacial score (nSPS) is 31.3. The number of rotatable bonds is 6. The van der Waals surface area contributed by atoms with Crippen LogP contribution in [-0.2, 0) is 30.3 Å². The number of fused-ring (bicyclic) bond motifs is 14. The molecule has 0 radical (unpaired) electrons. The Balaban J connectivity index is 1.95. The predicted molar refractivity (Wildman–Crippen MR) is 206 cm³/mol. The molecular formula is C41H56N2O12. The maximum Gasteiger partial charge on any atom is 0.312 e. The number of aromatic hydroxyl groups is 3. The van der Waals surface area contributed by atoms with Crippen molar-refractivity contribution in [3.8, 4) is 23.0 Å². The molecule has 0 fully saturated rings. The lowest BCUT2D eigenvalue weighted by atomic mass is 9.78. The van der Waals surface area contributed by atoms with Crippen molar-refractivity contribution < 1.29 is 58.9 Å². The number of esters is 1. The number of phenols is 3. The zero-order valence-electron chi connectivity index (χ0n) is 33.2. The zero-order valence-corrected chi connectivity index (χ0v) is 33.2. The fourth-order valence-corrected chi connectivity index (χ4v) is 7.35. The van der Waals surface area contributed by atoms with Gasteiger partial charge in [-0.15, -0.1) is 0 Å². The average molecular weight is 769 g/mol. The molecule has 3 aliphatic heterocycles. The first kappa shape index (κ1) is 43.1. The van der Waals surface area contributed by atoms with E-state index in [-0.39, 0.29) is 51.0 Å². The minimum atomic E-state index is -2.01. The van der Waals surface area contributed by atoms with E-state index < -0.39 is 88.8 Å². The minimum Gasteiger partial charge on any atom is -0.507 e. The SMILES string of the molecule is CCCNCc1c2c(O)c3c(O)c(C)c4c(c3c1O)C(=O)[C@@](C)(O/C=C/[C@H](OC)[C@@H](C)[C@@H](OC(C)=O)[C@H](C)[C@H](O)[C@H](C)[C@@H](O)[C@@H](C)/C=C/C=C(/C)C(=O)N2)O4. The molecule has 14 heteroatoms.